The van der Waals surface area contributed by atoms with E-state index in [2.05, 4.69) is 5.32 Å². The van der Waals surface area contributed by atoms with Crippen LogP contribution in [0.3, 0.4) is 0 Å². The fourth-order valence-electron chi connectivity index (χ4n) is 1.55. The molecule has 0 radical (unpaired) electrons. The Morgan fingerprint density at radius 3 is 2.07 bits per heavy atom. The van der Waals surface area contributed by atoms with E-state index in [0.717, 1.165) is 12.8 Å². The molecule has 0 aromatic carbocycles. The van der Waals surface area contributed by atoms with Gasteiger partial charge in [-0.2, -0.15) is 0 Å². The van der Waals surface area contributed by atoms with Gasteiger partial charge >= 0.3 is 0 Å². The number of amides is 1. The first-order valence-corrected chi connectivity index (χ1v) is 6.23. The molecule has 4 nitrogen and oxygen atoms in total. The maximum atomic E-state index is 11.7. The first kappa shape index (κ1) is 14.8. The topological polar surface area (TPSA) is 66.4 Å². The van der Waals surface area contributed by atoms with Crippen LogP contribution in [0, 0.1) is 0 Å². The van der Waals surface area contributed by atoms with E-state index in [1.807, 2.05) is 13.8 Å². The minimum absolute atomic E-state index is 0.0850. The first-order valence-electron chi connectivity index (χ1n) is 5.15. The maximum absolute atomic E-state index is 11.7. The number of hydrogen-bond acceptors (Lipinski definition) is 3. The van der Waals surface area contributed by atoms with Crippen LogP contribution in [0.15, 0.2) is 0 Å². The number of halogens is 1. The zero-order valence-electron chi connectivity index (χ0n) is 9.18. The molecule has 0 saturated heterocycles. The second-order valence-electron chi connectivity index (χ2n) is 3.58. The Hall–Kier alpha value is -0.170. The predicted molar refractivity (Wildman–Crippen MR) is 67.2 cm³/mol. The Labute approximate surface area is 104 Å². The van der Waals surface area contributed by atoms with Gasteiger partial charge in [0.1, 0.15) is 5.60 Å². The van der Waals surface area contributed by atoms with E-state index in [4.69, 9.17) is 0 Å². The van der Waals surface area contributed by atoms with Gasteiger partial charge in [-0.15, -0.1) is 0 Å². The van der Waals surface area contributed by atoms with Gasteiger partial charge in [0.25, 0.3) is 3.91 Å². The van der Waals surface area contributed by atoms with Crippen LogP contribution in [0.1, 0.15) is 39.5 Å². The Bertz CT molecular complexity index is 225. The molecular formula is C10H18INO3. The molecular weight excluding hydrogens is 309 g/mol. The van der Waals surface area contributed by atoms with Crippen LogP contribution in [0.5, 0.6) is 0 Å². The van der Waals surface area contributed by atoms with Gasteiger partial charge in [-0.1, -0.05) is 26.7 Å². The zero-order chi connectivity index (χ0) is 11.9. The summed E-state index contributed by atoms with van der Waals surface area (Å²) in [5, 5.41) is 12.5. The summed E-state index contributed by atoms with van der Waals surface area (Å²) in [4.78, 5) is 22.3. The molecule has 0 aliphatic rings. The minimum Gasteiger partial charge on any atom is -0.382 e. The van der Waals surface area contributed by atoms with Crippen LogP contribution in [-0.4, -0.2) is 26.9 Å². The largest absolute Gasteiger partial charge is 0.382 e. The van der Waals surface area contributed by atoms with Crippen molar-refractivity contribution >= 4 is 32.3 Å². The van der Waals surface area contributed by atoms with Crippen molar-refractivity contribution in [1.29, 1.82) is 0 Å². The average molecular weight is 327 g/mol. The highest BCUT2D eigenvalue weighted by Crippen LogP contribution is 2.20. The Balaban J connectivity index is 4.33. The van der Waals surface area contributed by atoms with Gasteiger partial charge < -0.3 is 10.4 Å². The molecule has 1 amide bonds. The fraction of sp³-hybridized carbons (Fsp3) is 0.800. The van der Waals surface area contributed by atoms with E-state index in [-0.39, 0.29) is 16.2 Å². The number of aliphatic hydroxyl groups is 1. The number of carbonyl (C=O) groups is 2. The van der Waals surface area contributed by atoms with Gasteiger partial charge in [-0.05, 0) is 12.8 Å². The highest BCUT2D eigenvalue weighted by atomic mass is 127. The third kappa shape index (κ3) is 5.46. The molecule has 15 heavy (non-hydrogen) atoms. The zero-order valence-corrected chi connectivity index (χ0v) is 11.3. The highest BCUT2D eigenvalue weighted by Gasteiger charge is 2.33. The summed E-state index contributed by atoms with van der Waals surface area (Å²) in [6.45, 7) is 3.76. The number of carbonyl (C=O) groups excluding carboxylic acids is 2. The summed E-state index contributed by atoms with van der Waals surface area (Å²) in [6, 6.07) is 0. The van der Waals surface area contributed by atoms with Crippen LogP contribution in [0.25, 0.3) is 0 Å². The molecule has 5 heteroatoms. The van der Waals surface area contributed by atoms with Crippen LogP contribution < -0.4 is 5.32 Å². The number of rotatable bonds is 7. The van der Waals surface area contributed by atoms with Crippen LogP contribution >= 0.6 is 22.6 Å². The highest BCUT2D eigenvalue weighted by molar-refractivity contribution is 14.1. The SMILES string of the molecule is CCCC(O)(CCC)C(=O)CNC(=O)I. The standard InChI is InChI=1S/C10H18INO3/c1-3-5-10(15,6-4-2)8(13)7-12-9(11)14/h15H,3-7H2,1-2H3,(H,12,14). The van der Waals surface area contributed by atoms with Crippen molar-refractivity contribution in [2.75, 3.05) is 6.54 Å². The van der Waals surface area contributed by atoms with Crippen LogP contribution in [0.2, 0.25) is 0 Å². The first-order chi connectivity index (χ1) is 6.96. The molecule has 0 rings (SSSR count). The van der Waals surface area contributed by atoms with E-state index in [1.165, 1.54) is 0 Å². The number of hydrogen-bond donors (Lipinski definition) is 2. The van der Waals surface area contributed by atoms with Crippen molar-refractivity contribution in [1.82, 2.24) is 5.32 Å². The lowest BCUT2D eigenvalue weighted by Crippen LogP contribution is -2.44. The van der Waals surface area contributed by atoms with E-state index < -0.39 is 5.60 Å². The van der Waals surface area contributed by atoms with Crippen LogP contribution in [-0.2, 0) is 4.79 Å². The van der Waals surface area contributed by atoms with Gasteiger partial charge in [0.2, 0.25) is 0 Å². The molecule has 0 bridgehead atoms. The molecule has 0 aliphatic carbocycles. The lowest BCUT2D eigenvalue weighted by Gasteiger charge is -2.25. The molecule has 2 N–H and O–H groups in total. The third-order valence-electron chi connectivity index (χ3n) is 2.23. The maximum Gasteiger partial charge on any atom is 0.280 e. The fourth-order valence-corrected chi connectivity index (χ4v) is 1.74. The molecule has 0 fully saturated rings. The quantitative estimate of drug-likeness (QED) is 0.427. The number of ketones is 1. The van der Waals surface area contributed by atoms with E-state index >= 15 is 0 Å². The summed E-state index contributed by atoms with van der Waals surface area (Å²) in [5.74, 6) is -0.295. The molecule has 0 aromatic rings. The number of Topliss-reactive ketones (excluding diaryl/α,β-unsaturated/α-hetero) is 1. The molecule has 0 heterocycles. The molecule has 88 valence electrons. The van der Waals surface area contributed by atoms with Crippen molar-refractivity contribution in [3.8, 4) is 0 Å². The summed E-state index contributed by atoms with van der Waals surface area (Å²) in [7, 11) is 0. The second kappa shape index (κ2) is 7.16. The lowest BCUT2D eigenvalue weighted by atomic mass is 9.88. The Morgan fingerprint density at radius 1 is 1.27 bits per heavy atom. The van der Waals surface area contributed by atoms with Crippen molar-refractivity contribution in [3.05, 3.63) is 0 Å². The Kier molecular flexibility index (Phi) is 7.08. The van der Waals surface area contributed by atoms with E-state index in [1.54, 1.807) is 22.6 Å². The molecule has 0 spiro atoms. The van der Waals surface area contributed by atoms with E-state index in [0.29, 0.717) is 12.8 Å². The van der Waals surface area contributed by atoms with Gasteiger partial charge in [-0.3, -0.25) is 9.59 Å². The summed E-state index contributed by atoms with van der Waals surface area (Å²) >= 11 is 1.56. The van der Waals surface area contributed by atoms with Gasteiger partial charge in [0.05, 0.1) is 6.54 Å². The van der Waals surface area contributed by atoms with Crippen LogP contribution in [0.4, 0.5) is 4.79 Å². The summed E-state index contributed by atoms with van der Waals surface area (Å²) < 4.78 is -0.281. The molecule has 0 unspecified atom stereocenters. The van der Waals surface area contributed by atoms with E-state index in [9.17, 15) is 14.7 Å². The van der Waals surface area contributed by atoms with Crippen molar-refractivity contribution < 1.29 is 14.7 Å². The minimum atomic E-state index is -1.26. The average Bonchev–Trinajstić information content (AvgIpc) is 2.14. The molecule has 0 saturated carbocycles. The normalized spacial score (nSPS) is 11.2. The van der Waals surface area contributed by atoms with Crippen molar-refractivity contribution in [3.63, 3.8) is 0 Å². The smallest absolute Gasteiger partial charge is 0.280 e. The van der Waals surface area contributed by atoms with Gasteiger partial charge in [-0.25, -0.2) is 0 Å². The third-order valence-corrected chi connectivity index (χ3v) is 2.62. The predicted octanol–water partition coefficient (Wildman–Crippen LogP) is 2.03. The summed E-state index contributed by atoms with van der Waals surface area (Å²) in [5.41, 5.74) is -1.26. The van der Waals surface area contributed by atoms with Crippen molar-refractivity contribution in [2.45, 2.75) is 45.1 Å². The molecule has 0 atom stereocenters. The second-order valence-corrected chi connectivity index (χ2v) is 4.56. The molecule has 0 aromatic heterocycles. The van der Waals surface area contributed by atoms with Gasteiger partial charge in [0, 0.05) is 22.6 Å². The van der Waals surface area contributed by atoms with Crippen molar-refractivity contribution in [2.24, 2.45) is 0 Å². The Morgan fingerprint density at radius 2 is 1.73 bits per heavy atom. The summed E-state index contributed by atoms with van der Waals surface area (Å²) in [6.07, 6.45) is 2.41. The monoisotopic (exact) mass is 327 g/mol. The molecule has 0 aliphatic heterocycles. The lowest BCUT2D eigenvalue weighted by molar-refractivity contribution is -0.137. The van der Waals surface area contributed by atoms with Gasteiger partial charge in [0.15, 0.2) is 5.78 Å². The number of nitrogens with one attached hydrogen (secondary N) is 1.